The summed E-state index contributed by atoms with van der Waals surface area (Å²) in [6.07, 6.45) is 3.63. The second-order valence-corrected chi connectivity index (χ2v) is 8.88. The van der Waals surface area contributed by atoms with Gasteiger partial charge in [-0.2, -0.15) is 0 Å². The molecule has 0 spiro atoms. The average molecular weight is 261 g/mol. The molecule has 0 aromatic heterocycles. The molecule has 2 aliphatic rings. The summed E-state index contributed by atoms with van der Waals surface area (Å²) in [5, 5.41) is 10.6. The molecule has 0 radical (unpaired) electrons. The molecule has 0 aromatic carbocycles. The molecule has 2 fully saturated rings. The zero-order chi connectivity index (χ0) is 12.9. The Morgan fingerprint density at radius 2 is 1.59 bits per heavy atom. The van der Waals surface area contributed by atoms with Crippen molar-refractivity contribution in [2.75, 3.05) is 11.5 Å². The highest BCUT2D eigenvalue weighted by Crippen LogP contribution is 2.46. The minimum absolute atomic E-state index is 0.0752. The highest BCUT2D eigenvalue weighted by atomic mass is 32.2. The lowest BCUT2D eigenvalue weighted by Gasteiger charge is -2.48. The maximum absolute atomic E-state index is 11.5. The van der Waals surface area contributed by atoms with Crippen molar-refractivity contribution in [2.24, 2.45) is 11.1 Å². The fraction of sp³-hybridized carbons (Fsp3) is 1.00. The molecule has 5 heteroatoms. The van der Waals surface area contributed by atoms with Crippen LogP contribution in [0.15, 0.2) is 0 Å². The lowest BCUT2D eigenvalue weighted by molar-refractivity contribution is -0.0440. The Kier molecular flexibility index (Phi) is 2.88. The van der Waals surface area contributed by atoms with Crippen LogP contribution in [0.25, 0.3) is 0 Å². The van der Waals surface area contributed by atoms with Gasteiger partial charge in [-0.1, -0.05) is 13.8 Å². The first kappa shape index (κ1) is 13.3. The van der Waals surface area contributed by atoms with Gasteiger partial charge in [-0.3, -0.25) is 0 Å². The Morgan fingerprint density at radius 1 is 1.06 bits per heavy atom. The number of nitrogens with two attached hydrogens (primary N) is 1. The van der Waals surface area contributed by atoms with Crippen molar-refractivity contribution < 1.29 is 13.5 Å². The highest BCUT2D eigenvalue weighted by molar-refractivity contribution is 7.91. The maximum atomic E-state index is 11.5. The van der Waals surface area contributed by atoms with Crippen LogP contribution in [0, 0.1) is 5.41 Å². The van der Waals surface area contributed by atoms with Crippen LogP contribution in [-0.2, 0) is 9.84 Å². The molecule has 0 bridgehead atoms. The summed E-state index contributed by atoms with van der Waals surface area (Å²) in [6, 6.07) is 0. The van der Waals surface area contributed by atoms with Crippen molar-refractivity contribution in [2.45, 2.75) is 57.1 Å². The summed E-state index contributed by atoms with van der Waals surface area (Å²) in [5.41, 5.74) is 4.66. The molecule has 17 heavy (non-hydrogen) atoms. The van der Waals surface area contributed by atoms with Crippen molar-refractivity contribution in [1.29, 1.82) is 0 Å². The van der Waals surface area contributed by atoms with Gasteiger partial charge in [0.25, 0.3) is 0 Å². The van der Waals surface area contributed by atoms with Gasteiger partial charge in [0.05, 0.1) is 17.1 Å². The first-order valence-electron chi connectivity index (χ1n) is 6.29. The third kappa shape index (κ3) is 2.37. The van der Waals surface area contributed by atoms with Gasteiger partial charge >= 0.3 is 0 Å². The van der Waals surface area contributed by atoms with Crippen molar-refractivity contribution >= 4 is 9.84 Å². The molecule has 1 saturated carbocycles. The summed E-state index contributed by atoms with van der Waals surface area (Å²) < 4.78 is 23.1. The smallest absolute Gasteiger partial charge is 0.153 e. The molecule has 0 amide bonds. The third-order valence-corrected chi connectivity index (χ3v) is 6.45. The molecule has 1 aliphatic carbocycles. The SMILES string of the molecule is CC1(C)CCC(N)(C2(O)CCS(=O)(=O)C2)CC1. The summed E-state index contributed by atoms with van der Waals surface area (Å²) in [7, 11) is -3.10. The lowest BCUT2D eigenvalue weighted by Crippen LogP contribution is -2.63. The number of aliphatic hydroxyl groups is 1. The minimum Gasteiger partial charge on any atom is -0.387 e. The monoisotopic (exact) mass is 261 g/mol. The largest absolute Gasteiger partial charge is 0.387 e. The standard InChI is InChI=1S/C12H23NO3S/c1-10(2)3-5-11(13,6-4-10)12(14)7-8-17(15,16)9-12/h14H,3-9,13H2,1-2H3. The Labute approximate surface area is 104 Å². The number of hydrogen-bond acceptors (Lipinski definition) is 4. The molecule has 1 unspecified atom stereocenters. The highest BCUT2D eigenvalue weighted by Gasteiger charge is 2.55. The molecule has 3 N–H and O–H groups in total. The predicted octanol–water partition coefficient (Wildman–Crippen LogP) is 0.834. The molecule has 4 nitrogen and oxygen atoms in total. The van der Waals surface area contributed by atoms with Crippen molar-refractivity contribution in [1.82, 2.24) is 0 Å². The maximum Gasteiger partial charge on any atom is 0.153 e. The Bertz CT molecular complexity index is 405. The first-order valence-corrected chi connectivity index (χ1v) is 8.12. The van der Waals surface area contributed by atoms with Crippen LogP contribution in [0.4, 0.5) is 0 Å². The summed E-state index contributed by atoms with van der Waals surface area (Å²) in [4.78, 5) is 0. The number of hydrogen-bond donors (Lipinski definition) is 2. The van der Waals surface area contributed by atoms with E-state index in [1.807, 2.05) is 0 Å². The molecule has 1 atom stereocenters. The number of rotatable bonds is 1. The fourth-order valence-electron chi connectivity index (χ4n) is 3.06. The zero-order valence-corrected chi connectivity index (χ0v) is 11.5. The van der Waals surface area contributed by atoms with E-state index in [0.29, 0.717) is 19.3 Å². The normalized spacial score (nSPS) is 39.1. The molecule has 2 rings (SSSR count). The van der Waals surface area contributed by atoms with Gasteiger partial charge in [-0.15, -0.1) is 0 Å². The molecule has 0 aromatic rings. The van der Waals surface area contributed by atoms with Gasteiger partial charge in [-0.05, 0) is 37.5 Å². The average Bonchev–Trinajstić information content (AvgIpc) is 2.48. The minimum atomic E-state index is -3.10. The van der Waals surface area contributed by atoms with E-state index in [0.717, 1.165) is 12.8 Å². The van der Waals surface area contributed by atoms with E-state index in [2.05, 4.69) is 13.8 Å². The predicted molar refractivity (Wildman–Crippen MR) is 67.4 cm³/mol. The van der Waals surface area contributed by atoms with Crippen LogP contribution < -0.4 is 5.73 Å². The lowest BCUT2D eigenvalue weighted by atomic mass is 9.63. The molecule has 1 heterocycles. The Morgan fingerprint density at radius 3 is 2.00 bits per heavy atom. The van der Waals surface area contributed by atoms with Crippen molar-refractivity contribution in [3.05, 3.63) is 0 Å². The molecule has 1 saturated heterocycles. The summed E-state index contributed by atoms with van der Waals surface area (Å²) >= 11 is 0. The van der Waals surface area contributed by atoms with Gasteiger partial charge in [0.2, 0.25) is 0 Å². The van der Waals surface area contributed by atoms with E-state index >= 15 is 0 Å². The Balaban J connectivity index is 2.18. The van der Waals surface area contributed by atoms with Crippen molar-refractivity contribution in [3.63, 3.8) is 0 Å². The molecule has 1 aliphatic heterocycles. The first-order chi connectivity index (χ1) is 7.58. The molecule has 100 valence electrons. The van der Waals surface area contributed by atoms with Gasteiger partial charge in [0.1, 0.15) is 0 Å². The van der Waals surface area contributed by atoms with Crippen LogP contribution >= 0.6 is 0 Å². The van der Waals surface area contributed by atoms with Crippen LogP contribution in [0.1, 0.15) is 46.0 Å². The zero-order valence-electron chi connectivity index (χ0n) is 10.7. The summed E-state index contributed by atoms with van der Waals surface area (Å²) in [6.45, 7) is 4.39. The van der Waals surface area contributed by atoms with Gasteiger partial charge in [0.15, 0.2) is 9.84 Å². The van der Waals surface area contributed by atoms with E-state index in [1.54, 1.807) is 0 Å². The van der Waals surface area contributed by atoms with E-state index in [1.165, 1.54) is 0 Å². The van der Waals surface area contributed by atoms with Crippen LogP contribution in [-0.4, -0.2) is 36.2 Å². The van der Waals surface area contributed by atoms with E-state index in [9.17, 15) is 13.5 Å². The van der Waals surface area contributed by atoms with E-state index < -0.39 is 21.0 Å². The summed E-state index contributed by atoms with van der Waals surface area (Å²) in [5.74, 6) is -0.0806. The Hall–Kier alpha value is -0.130. The topological polar surface area (TPSA) is 80.4 Å². The second kappa shape index (κ2) is 3.68. The number of sulfone groups is 1. The van der Waals surface area contributed by atoms with Crippen LogP contribution in [0.2, 0.25) is 0 Å². The van der Waals surface area contributed by atoms with Gasteiger partial charge in [-0.25, -0.2) is 8.42 Å². The van der Waals surface area contributed by atoms with E-state index in [-0.39, 0.29) is 16.9 Å². The van der Waals surface area contributed by atoms with Crippen molar-refractivity contribution in [3.8, 4) is 0 Å². The third-order valence-electron chi connectivity index (χ3n) is 4.71. The fourth-order valence-corrected chi connectivity index (χ4v) is 5.02. The van der Waals surface area contributed by atoms with E-state index in [4.69, 9.17) is 5.73 Å². The van der Waals surface area contributed by atoms with Crippen LogP contribution in [0.5, 0.6) is 0 Å². The quantitative estimate of drug-likeness (QED) is 0.733. The molecular formula is C12H23NO3S. The van der Waals surface area contributed by atoms with Gasteiger partial charge in [0, 0.05) is 5.54 Å². The van der Waals surface area contributed by atoms with Crippen LogP contribution in [0.3, 0.4) is 0 Å². The molecular weight excluding hydrogens is 238 g/mol. The second-order valence-electron chi connectivity index (χ2n) is 6.69. The van der Waals surface area contributed by atoms with Gasteiger partial charge < -0.3 is 10.8 Å².